The Kier molecular flexibility index (Phi) is 6.51. The molecule has 0 saturated heterocycles. The Morgan fingerprint density at radius 2 is 1.90 bits per heavy atom. The Hall–Kier alpha value is -2.69. The van der Waals surface area contributed by atoms with Crippen LogP contribution in [0.15, 0.2) is 16.9 Å². The third-order valence-corrected chi connectivity index (χ3v) is 3.69. The molecule has 0 aliphatic rings. The topological polar surface area (TPSA) is 70.4 Å². The van der Waals surface area contributed by atoms with Crippen LogP contribution in [-0.4, -0.2) is 28.2 Å². The van der Waals surface area contributed by atoms with E-state index in [1.165, 1.54) is 20.8 Å². The molecule has 0 saturated carbocycles. The number of hydrogen-bond donors (Lipinski definition) is 0. The number of carbonyl (C=O) groups excluding carboxylic acids is 1. The van der Waals surface area contributed by atoms with E-state index >= 15 is 0 Å². The van der Waals surface area contributed by atoms with Crippen LogP contribution in [-0.2, 0) is 10.9 Å². The molecule has 1 heterocycles. The van der Waals surface area contributed by atoms with Gasteiger partial charge in [-0.2, -0.15) is 22.5 Å². The van der Waals surface area contributed by atoms with Crippen molar-refractivity contribution < 1.29 is 36.2 Å². The van der Waals surface area contributed by atoms with Crippen molar-refractivity contribution >= 4 is 17.6 Å². The summed E-state index contributed by atoms with van der Waals surface area (Å²) >= 11 is 5.83. The number of aromatic nitrogens is 2. The molecule has 0 amide bonds. The predicted octanol–water partition coefficient (Wildman–Crippen LogP) is 4.15. The lowest BCUT2D eigenvalue weighted by Gasteiger charge is -2.17. The first-order valence-corrected chi connectivity index (χ1v) is 8.49. The van der Waals surface area contributed by atoms with Crippen LogP contribution >= 0.6 is 11.6 Å². The van der Waals surface area contributed by atoms with Crippen molar-refractivity contribution in [2.24, 2.45) is 0 Å². The van der Waals surface area contributed by atoms with Gasteiger partial charge in [0, 0.05) is 0 Å². The molecule has 1 aromatic carbocycles. The maximum Gasteiger partial charge on any atom is 0.436 e. The molecule has 158 valence electrons. The van der Waals surface area contributed by atoms with E-state index in [9.17, 15) is 31.5 Å². The molecule has 2 rings (SSSR count). The van der Waals surface area contributed by atoms with E-state index < -0.39 is 58.4 Å². The SMILES string of the molecule is CCOc1nc(C(F)(F)F)c(F)c(=O)n1-c1cc(C(=O)OC(C)C)c(Cl)cc1F. The second-order valence-corrected chi connectivity index (χ2v) is 6.27. The number of hydrogen-bond acceptors (Lipinski definition) is 5. The summed E-state index contributed by atoms with van der Waals surface area (Å²) in [5.74, 6) is -4.49. The maximum atomic E-state index is 14.5. The summed E-state index contributed by atoms with van der Waals surface area (Å²) in [5, 5.41) is -0.386. The number of nitrogens with zero attached hydrogens (tertiary/aromatic N) is 2. The van der Waals surface area contributed by atoms with Gasteiger partial charge in [0.2, 0.25) is 5.82 Å². The normalized spacial score (nSPS) is 11.7. The van der Waals surface area contributed by atoms with Crippen molar-refractivity contribution in [3.05, 3.63) is 50.4 Å². The quantitative estimate of drug-likeness (QED) is 0.516. The van der Waals surface area contributed by atoms with Crippen LogP contribution in [0.3, 0.4) is 0 Å². The van der Waals surface area contributed by atoms with E-state index in [1.54, 1.807) is 0 Å². The fraction of sp³-hybridized carbons (Fsp3) is 0.353. The number of carbonyl (C=O) groups is 1. The maximum absolute atomic E-state index is 14.5. The summed E-state index contributed by atoms with van der Waals surface area (Å²) < 4.78 is 77.4. The Bertz CT molecular complexity index is 1000. The van der Waals surface area contributed by atoms with Gasteiger partial charge in [-0.15, -0.1) is 0 Å². The lowest BCUT2D eigenvalue weighted by molar-refractivity contribution is -0.144. The van der Waals surface area contributed by atoms with Gasteiger partial charge in [0.1, 0.15) is 5.82 Å². The van der Waals surface area contributed by atoms with Crippen LogP contribution < -0.4 is 10.3 Å². The summed E-state index contributed by atoms with van der Waals surface area (Å²) in [6.45, 7) is 4.15. The standard InChI is InChI=1S/C17H14ClF5N2O4/c1-4-28-16-24-13(17(21,22)23)12(20)14(26)25(16)11-5-8(9(18)6-10(11)19)15(27)29-7(2)3/h5-7H,4H2,1-3H3. The van der Waals surface area contributed by atoms with Crippen LogP contribution in [0.25, 0.3) is 5.69 Å². The predicted molar refractivity (Wildman–Crippen MR) is 91.5 cm³/mol. The molecule has 0 atom stereocenters. The highest BCUT2D eigenvalue weighted by molar-refractivity contribution is 6.33. The Morgan fingerprint density at radius 1 is 1.28 bits per heavy atom. The summed E-state index contributed by atoms with van der Waals surface area (Å²) in [7, 11) is 0. The fourth-order valence-electron chi connectivity index (χ4n) is 2.25. The number of alkyl halides is 3. The minimum Gasteiger partial charge on any atom is -0.465 e. The van der Waals surface area contributed by atoms with Crippen LogP contribution in [0.2, 0.25) is 5.02 Å². The molecule has 0 aliphatic heterocycles. The van der Waals surface area contributed by atoms with Gasteiger partial charge >= 0.3 is 18.2 Å². The smallest absolute Gasteiger partial charge is 0.436 e. The van der Waals surface area contributed by atoms with Crippen LogP contribution in [0.4, 0.5) is 22.0 Å². The Balaban J connectivity index is 2.82. The van der Waals surface area contributed by atoms with E-state index in [0.717, 1.165) is 6.07 Å². The first-order valence-electron chi connectivity index (χ1n) is 8.11. The molecule has 0 spiro atoms. The molecule has 0 aliphatic carbocycles. The second-order valence-electron chi connectivity index (χ2n) is 5.87. The van der Waals surface area contributed by atoms with Crippen molar-refractivity contribution in [3.8, 4) is 11.7 Å². The molecule has 0 unspecified atom stereocenters. The zero-order valence-electron chi connectivity index (χ0n) is 15.2. The van der Waals surface area contributed by atoms with Crippen LogP contribution in [0.1, 0.15) is 36.8 Å². The molecule has 0 fully saturated rings. The van der Waals surface area contributed by atoms with Gasteiger partial charge in [0.05, 0.1) is 29.0 Å². The molecule has 0 radical (unpaired) electrons. The van der Waals surface area contributed by atoms with Crippen molar-refractivity contribution in [1.82, 2.24) is 9.55 Å². The number of halogens is 6. The minimum absolute atomic E-state index is 0.145. The Labute approximate surface area is 165 Å². The molecule has 29 heavy (non-hydrogen) atoms. The van der Waals surface area contributed by atoms with Crippen molar-refractivity contribution in [2.45, 2.75) is 33.1 Å². The zero-order chi connectivity index (χ0) is 22.1. The summed E-state index contributed by atoms with van der Waals surface area (Å²) in [5.41, 5.74) is -5.18. The van der Waals surface area contributed by atoms with E-state index in [4.69, 9.17) is 21.1 Å². The lowest BCUT2D eigenvalue weighted by Crippen LogP contribution is -2.30. The highest BCUT2D eigenvalue weighted by Crippen LogP contribution is 2.31. The fourth-order valence-corrected chi connectivity index (χ4v) is 2.48. The minimum atomic E-state index is -5.29. The van der Waals surface area contributed by atoms with E-state index in [0.29, 0.717) is 6.07 Å². The monoisotopic (exact) mass is 440 g/mol. The summed E-state index contributed by atoms with van der Waals surface area (Å²) in [6, 6.07) is 0.349. The molecule has 2 aromatic rings. The lowest BCUT2D eigenvalue weighted by atomic mass is 10.2. The summed E-state index contributed by atoms with van der Waals surface area (Å²) in [6.07, 6.45) is -5.86. The summed E-state index contributed by atoms with van der Waals surface area (Å²) in [4.78, 5) is 27.4. The molecule has 12 heteroatoms. The molecular formula is C17H14ClF5N2O4. The Morgan fingerprint density at radius 3 is 2.41 bits per heavy atom. The van der Waals surface area contributed by atoms with Crippen LogP contribution in [0.5, 0.6) is 6.01 Å². The van der Waals surface area contributed by atoms with Gasteiger partial charge in [0.25, 0.3) is 5.56 Å². The van der Waals surface area contributed by atoms with Crippen LogP contribution in [0, 0.1) is 11.6 Å². The van der Waals surface area contributed by atoms with Gasteiger partial charge in [-0.05, 0) is 32.9 Å². The van der Waals surface area contributed by atoms with Gasteiger partial charge < -0.3 is 9.47 Å². The number of esters is 1. The molecule has 0 N–H and O–H groups in total. The zero-order valence-corrected chi connectivity index (χ0v) is 16.0. The second kappa shape index (κ2) is 8.36. The third-order valence-electron chi connectivity index (χ3n) is 3.38. The highest BCUT2D eigenvalue weighted by atomic mass is 35.5. The van der Waals surface area contributed by atoms with Crippen molar-refractivity contribution in [1.29, 1.82) is 0 Å². The number of benzene rings is 1. The molecule has 0 bridgehead atoms. The first kappa shape index (κ1) is 22.6. The number of rotatable bonds is 5. The highest BCUT2D eigenvalue weighted by Gasteiger charge is 2.39. The van der Waals surface area contributed by atoms with Gasteiger partial charge in [0.15, 0.2) is 5.69 Å². The van der Waals surface area contributed by atoms with E-state index in [2.05, 4.69) is 4.98 Å². The van der Waals surface area contributed by atoms with Crippen molar-refractivity contribution in [3.63, 3.8) is 0 Å². The first-order chi connectivity index (χ1) is 13.4. The van der Waals surface area contributed by atoms with E-state index in [-0.39, 0.29) is 16.2 Å². The average Bonchev–Trinajstić information content (AvgIpc) is 2.57. The van der Waals surface area contributed by atoms with Gasteiger partial charge in [-0.3, -0.25) is 4.79 Å². The molecule has 6 nitrogen and oxygen atoms in total. The number of ether oxygens (including phenoxy) is 2. The van der Waals surface area contributed by atoms with Gasteiger partial charge in [-0.25, -0.2) is 13.8 Å². The molecule has 1 aromatic heterocycles. The van der Waals surface area contributed by atoms with Crippen molar-refractivity contribution in [2.75, 3.05) is 6.61 Å². The average molecular weight is 441 g/mol. The third kappa shape index (κ3) is 4.66. The molecular weight excluding hydrogens is 427 g/mol. The largest absolute Gasteiger partial charge is 0.465 e. The van der Waals surface area contributed by atoms with E-state index in [1.807, 2.05) is 0 Å². The van der Waals surface area contributed by atoms with Gasteiger partial charge in [-0.1, -0.05) is 11.6 Å².